The van der Waals surface area contributed by atoms with Crippen LogP contribution in [0.25, 0.3) is 11.3 Å². The summed E-state index contributed by atoms with van der Waals surface area (Å²) in [7, 11) is 1.57. The first kappa shape index (κ1) is 23.1. The molecule has 3 N–H and O–H groups in total. The maximum Gasteiger partial charge on any atom is 0.255 e. The molecule has 3 aromatic rings. The van der Waals surface area contributed by atoms with Gasteiger partial charge in [0, 0.05) is 29.4 Å². The van der Waals surface area contributed by atoms with Gasteiger partial charge < -0.3 is 34.6 Å². The van der Waals surface area contributed by atoms with Crippen molar-refractivity contribution >= 4 is 28.9 Å². The summed E-state index contributed by atoms with van der Waals surface area (Å²) in [6.45, 7) is 1.95. The van der Waals surface area contributed by atoms with Crippen LogP contribution in [0.3, 0.4) is 0 Å². The number of pyridine rings is 1. The van der Waals surface area contributed by atoms with E-state index >= 15 is 0 Å². The van der Waals surface area contributed by atoms with Gasteiger partial charge in [-0.05, 0) is 31.0 Å². The van der Waals surface area contributed by atoms with E-state index in [1.165, 1.54) is 0 Å². The fourth-order valence-electron chi connectivity index (χ4n) is 5.09. The Morgan fingerprint density at radius 3 is 2.94 bits per heavy atom. The number of amides is 1. The van der Waals surface area contributed by atoms with Crippen LogP contribution in [0, 0.1) is 0 Å². The third kappa shape index (κ3) is 4.07. The Morgan fingerprint density at radius 1 is 1.25 bits per heavy atom. The third-order valence-electron chi connectivity index (χ3n) is 7.01. The van der Waals surface area contributed by atoms with E-state index in [1.54, 1.807) is 25.6 Å². The number of nitrogens with zero attached hydrogens (tertiary/aromatic N) is 1. The number of carbonyl (C=O) groups excluding carboxylic acids is 1. The fourth-order valence-corrected chi connectivity index (χ4v) is 5.34. The predicted molar refractivity (Wildman–Crippen MR) is 135 cm³/mol. The Balaban J connectivity index is 1.43. The highest BCUT2D eigenvalue weighted by atomic mass is 35.5. The van der Waals surface area contributed by atoms with Crippen molar-refractivity contribution in [2.45, 2.75) is 30.9 Å². The van der Waals surface area contributed by atoms with Gasteiger partial charge in [0.15, 0.2) is 5.75 Å². The van der Waals surface area contributed by atoms with Crippen LogP contribution in [-0.4, -0.2) is 61.6 Å². The Bertz CT molecular complexity index is 1290. The van der Waals surface area contributed by atoms with Gasteiger partial charge in [-0.1, -0.05) is 17.7 Å². The first-order chi connectivity index (χ1) is 17.6. The second kappa shape index (κ2) is 9.65. The van der Waals surface area contributed by atoms with Crippen LogP contribution in [0.1, 0.15) is 34.8 Å². The van der Waals surface area contributed by atoms with Gasteiger partial charge in [-0.3, -0.25) is 9.78 Å². The fraction of sp³-hybridized carbons (Fsp3) is 0.385. The van der Waals surface area contributed by atoms with E-state index in [9.17, 15) is 4.79 Å². The summed E-state index contributed by atoms with van der Waals surface area (Å²) in [6, 6.07) is 7.49. The molecule has 2 aromatic heterocycles. The van der Waals surface area contributed by atoms with Crippen LogP contribution >= 0.6 is 11.6 Å². The number of hydrogen-bond acceptors (Lipinski definition) is 7. The number of hydrogen-bond donors (Lipinski definition) is 3. The lowest BCUT2D eigenvalue weighted by atomic mass is 9.74. The van der Waals surface area contributed by atoms with Crippen molar-refractivity contribution in [3.05, 3.63) is 52.9 Å². The molecule has 0 spiro atoms. The Morgan fingerprint density at radius 2 is 2.17 bits per heavy atom. The number of aromatic nitrogens is 2. The van der Waals surface area contributed by atoms with E-state index in [4.69, 9.17) is 30.5 Å². The Hall–Kier alpha value is -3.27. The van der Waals surface area contributed by atoms with E-state index in [1.807, 2.05) is 18.2 Å². The summed E-state index contributed by atoms with van der Waals surface area (Å²) < 4.78 is 22.9. The maximum atomic E-state index is 13.3. The highest BCUT2D eigenvalue weighted by Crippen LogP contribution is 2.49. The van der Waals surface area contributed by atoms with Crippen LogP contribution in [0.4, 0.5) is 11.4 Å². The third-order valence-corrected chi connectivity index (χ3v) is 7.31. The number of carbonyl (C=O) groups is 1. The van der Waals surface area contributed by atoms with E-state index in [-0.39, 0.29) is 24.0 Å². The second-order valence-electron chi connectivity index (χ2n) is 9.12. The summed E-state index contributed by atoms with van der Waals surface area (Å²) >= 11 is 6.39. The average molecular weight is 511 g/mol. The number of anilines is 2. The molecule has 1 saturated heterocycles. The quantitative estimate of drug-likeness (QED) is 0.436. The standard InChI is InChI=1S/C26H27ClN4O5/c1-33-25-17(27)3-2-4-19(25)29-24-21-22(15-5-6-18(15)30-26(21)32)31-23(24)16-7-8-28-11-20(16)36-13-14-12-34-9-10-35-14/h2-4,7-8,11,14-15,18,29,31H,5-6,9-10,12-13H2,1H3,(H,30,32)/t14-,15+,18-/m0/s1. The zero-order chi connectivity index (χ0) is 24.6. The number of halogens is 1. The Labute approximate surface area is 213 Å². The average Bonchev–Trinajstić information content (AvgIpc) is 3.24. The van der Waals surface area contributed by atoms with Crippen molar-refractivity contribution in [1.29, 1.82) is 0 Å². The van der Waals surface area contributed by atoms with Crippen LogP contribution in [0.2, 0.25) is 5.02 Å². The van der Waals surface area contributed by atoms with Crippen molar-refractivity contribution in [3.63, 3.8) is 0 Å². The lowest BCUT2D eigenvalue weighted by molar-refractivity contribution is -0.101. The molecule has 188 valence electrons. The number of benzene rings is 1. The van der Waals surface area contributed by atoms with Crippen molar-refractivity contribution < 1.29 is 23.7 Å². The molecule has 0 bridgehead atoms. The van der Waals surface area contributed by atoms with Gasteiger partial charge in [-0.2, -0.15) is 0 Å². The summed E-state index contributed by atoms with van der Waals surface area (Å²) in [6.07, 6.45) is 5.21. The van der Waals surface area contributed by atoms with Crippen LogP contribution in [0.5, 0.6) is 11.5 Å². The molecule has 3 aliphatic rings. The monoisotopic (exact) mass is 510 g/mol. The second-order valence-corrected chi connectivity index (χ2v) is 9.53. The molecule has 9 nitrogen and oxygen atoms in total. The minimum Gasteiger partial charge on any atom is -0.493 e. The van der Waals surface area contributed by atoms with Gasteiger partial charge in [0.2, 0.25) is 0 Å². The molecule has 4 heterocycles. The normalized spacial score (nSPS) is 22.6. The highest BCUT2D eigenvalue weighted by Gasteiger charge is 2.43. The topological polar surface area (TPSA) is 107 Å². The molecule has 1 aliphatic carbocycles. The summed E-state index contributed by atoms with van der Waals surface area (Å²) in [5.41, 5.74) is 4.34. The number of aromatic amines is 1. The molecule has 1 saturated carbocycles. The lowest BCUT2D eigenvalue weighted by Crippen LogP contribution is -2.49. The van der Waals surface area contributed by atoms with Gasteiger partial charge in [-0.25, -0.2) is 0 Å². The van der Waals surface area contributed by atoms with E-state index in [0.29, 0.717) is 59.9 Å². The number of nitrogens with one attached hydrogen (secondary N) is 3. The van der Waals surface area contributed by atoms with Gasteiger partial charge in [0.25, 0.3) is 5.91 Å². The van der Waals surface area contributed by atoms with Gasteiger partial charge in [0.1, 0.15) is 18.5 Å². The van der Waals surface area contributed by atoms with E-state index in [2.05, 4.69) is 20.6 Å². The molecule has 6 rings (SSSR count). The number of fused-ring (bicyclic) bond motifs is 3. The highest BCUT2D eigenvalue weighted by molar-refractivity contribution is 6.32. The lowest BCUT2D eigenvalue weighted by Gasteiger charge is -2.40. The smallest absolute Gasteiger partial charge is 0.255 e. The maximum absolute atomic E-state index is 13.3. The van der Waals surface area contributed by atoms with Gasteiger partial charge in [0.05, 0.1) is 60.8 Å². The molecule has 2 fully saturated rings. The van der Waals surface area contributed by atoms with Crippen molar-refractivity contribution in [3.8, 4) is 22.8 Å². The Kier molecular flexibility index (Phi) is 6.20. The first-order valence-corrected chi connectivity index (χ1v) is 12.4. The minimum atomic E-state index is -0.154. The summed E-state index contributed by atoms with van der Waals surface area (Å²) in [4.78, 5) is 21.1. The number of H-pyrrole nitrogens is 1. The molecule has 1 aromatic carbocycles. The van der Waals surface area contributed by atoms with E-state index < -0.39 is 0 Å². The molecule has 0 unspecified atom stereocenters. The first-order valence-electron chi connectivity index (χ1n) is 12.1. The number of rotatable bonds is 7. The van der Waals surface area contributed by atoms with E-state index in [0.717, 1.165) is 29.8 Å². The molecular weight excluding hydrogens is 484 g/mol. The SMILES string of the molecule is COc1c(Cl)cccc1Nc1c(-c2ccncc2OC[C@@H]2COCCO2)[nH]c2c1C(=O)N[C@H]1CC[C@@H]21. The largest absolute Gasteiger partial charge is 0.493 e. The summed E-state index contributed by atoms with van der Waals surface area (Å²) in [5.74, 6) is 1.21. The van der Waals surface area contributed by atoms with Gasteiger partial charge in [-0.15, -0.1) is 0 Å². The number of para-hydroxylation sites is 1. The van der Waals surface area contributed by atoms with Crippen molar-refractivity contribution in [1.82, 2.24) is 15.3 Å². The van der Waals surface area contributed by atoms with Crippen molar-refractivity contribution in [2.24, 2.45) is 0 Å². The molecule has 0 radical (unpaired) electrons. The number of methoxy groups -OCH3 is 1. The molecule has 1 amide bonds. The van der Waals surface area contributed by atoms with Crippen LogP contribution in [0.15, 0.2) is 36.7 Å². The zero-order valence-corrected chi connectivity index (χ0v) is 20.6. The molecule has 36 heavy (non-hydrogen) atoms. The molecule has 10 heteroatoms. The predicted octanol–water partition coefficient (Wildman–Crippen LogP) is 4.27. The van der Waals surface area contributed by atoms with Crippen LogP contribution < -0.4 is 20.1 Å². The number of ether oxygens (including phenoxy) is 4. The minimum absolute atomic E-state index is 0.110. The summed E-state index contributed by atoms with van der Waals surface area (Å²) in [5, 5.41) is 7.07. The van der Waals surface area contributed by atoms with Crippen LogP contribution in [-0.2, 0) is 9.47 Å². The molecule has 3 atom stereocenters. The molecular formula is C26H27ClN4O5. The molecule has 2 aliphatic heterocycles. The van der Waals surface area contributed by atoms with Gasteiger partial charge >= 0.3 is 0 Å². The zero-order valence-electron chi connectivity index (χ0n) is 19.8. The van der Waals surface area contributed by atoms with Crippen molar-refractivity contribution in [2.75, 3.05) is 38.9 Å².